The standard InChI is InChI=1S/C25H26O3/c1-14-12-19-22(17-8-6-5-7-9-17)15(2)23(24(19)16(3)25(14)27)18-10-11-20(26)21(13-18)28-4/h5-13,15,22-23,26-27H,1-4H3/t15-,22-,23+/m0/s1. The number of phenolic OH excluding ortho intramolecular Hbond substituents is 2. The minimum absolute atomic E-state index is 0.112. The summed E-state index contributed by atoms with van der Waals surface area (Å²) in [7, 11) is 1.57. The van der Waals surface area contributed by atoms with E-state index in [1.165, 1.54) is 16.7 Å². The molecule has 3 aromatic carbocycles. The molecule has 0 spiro atoms. The van der Waals surface area contributed by atoms with Gasteiger partial charge in [0.15, 0.2) is 11.5 Å². The number of hydrogen-bond acceptors (Lipinski definition) is 3. The minimum atomic E-state index is 0.112. The topological polar surface area (TPSA) is 49.7 Å². The van der Waals surface area contributed by atoms with Gasteiger partial charge in [-0.25, -0.2) is 0 Å². The first-order chi connectivity index (χ1) is 13.4. The molecule has 0 aromatic heterocycles. The molecular weight excluding hydrogens is 348 g/mol. The second-order valence-electron chi connectivity index (χ2n) is 7.83. The van der Waals surface area contributed by atoms with Gasteiger partial charge in [-0.1, -0.05) is 49.4 Å². The van der Waals surface area contributed by atoms with Crippen molar-refractivity contribution in [3.63, 3.8) is 0 Å². The quantitative estimate of drug-likeness (QED) is 0.624. The van der Waals surface area contributed by atoms with Gasteiger partial charge in [-0.05, 0) is 65.3 Å². The van der Waals surface area contributed by atoms with Crippen molar-refractivity contribution >= 4 is 0 Å². The highest BCUT2D eigenvalue weighted by Crippen LogP contribution is 2.55. The van der Waals surface area contributed by atoms with Crippen LogP contribution in [0.5, 0.6) is 17.2 Å². The molecule has 2 N–H and O–H groups in total. The first kappa shape index (κ1) is 18.4. The van der Waals surface area contributed by atoms with E-state index in [4.69, 9.17) is 4.74 Å². The summed E-state index contributed by atoms with van der Waals surface area (Å²) in [5, 5.41) is 20.7. The number of aryl methyl sites for hydroxylation is 1. The second-order valence-corrected chi connectivity index (χ2v) is 7.83. The summed E-state index contributed by atoms with van der Waals surface area (Å²) in [4.78, 5) is 0. The zero-order chi connectivity index (χ0) is 20.0. The highest BCUT2D eigenvalue weighted by Gasteiger charge is 2.41. The van der Waals surface area contributed by atoms with Crippen LogP contribution in [0.25, 0.3) is 0 Å². The van der Waals surface area contributed by atoms with Crippen molar-refractivity contribution in [3.8, 4) is 17.2 Å². The average molecular weight is 374 g/mol. The Morgan fingerprint density at radius 2 is 1.57 bits per heavy atom. The number of phenols is 2. The molecule has 0 saturated heterocycles. The Morgan fingerprint density at radius 1 is 0.857 bits per heavy atom. The number of ether oxygens (including phenoxy) is 1. The van der Waals surface area contributed by atoms with Crippen LogP contribution >= 0.6 is 0 Å². The van der Waals surface area contributed by atoms with Crippen LogP contribution in [0.2, 0.25) is 0 Å². The van der Waals surface area contributed by atoms with Crippen molar-refractivity contribution in [2.24, 2.45) is 5.92 Å². The monoisotopic (exact) mass is 374 g/mol. The Hall–Kier alpha value is -2.94. The SMILES string of the molecule is COc1cc([C@@H]2c3c(cc(C)c(O)c3C)[C@H](c3ccccc3)[C@@H]2C)ccc1O. The summed E-state index contributed by atoms with van der Waals surface area (Å²) in [6, 6.07) is 18.3. The molecule has 0 amide bonds. The van der Waals surface area contributed by atoms with Crippen LogP contribution in [0.15, 0.2) is 54.6 Å². The largest absolute Gasteiger partial charge is 0.507 e. The van der Waals surface area contributed by atoms with Crippen LogP contribution in [-0.4, -0.2) is 17.3 Å². The van der Waals surface area contributed by atoms with E-state index in [0.717, 1.165) is 16.7 Å². The van der Waals surface area contributed by atoms with E-state index in [1.54, 1.807) is 13.2 Å². The van der Waals surface area contributed by atoms with E-state index in [-0.39, 0.29) is 17.6 Å². The zero-order valence-electron chi connectivity index (χ0n) is 16.7. The number of benzene rings is 3. The summed E-state index contributed by atoms with van der Waals surface area (Å²) in [5.41, 5.74) is 6.70. The molecule has 0 saturated carbocycles. The summed E-state index contributed by atoms with van der Waals surface area (Å²) < 4.78 is 5.35. The third kappa shape index (κ3) is 2.73. The molecule has 28 heavy (non-hydrogen) atoms. The Labute approximate surface area is 166 Å². The van der Waals surface area contributed by atoms with Gasteiger partial charge >= 0.3 is 0 Å². The third-order valence-corrected chi connectivity index (χ3v) is 6.23. The van der Waals surface area contributed by atoms with Crippen molar-refractivity contribution in [2.45, 2.75) is 32.6 Å². The molecular formula is C25H26O3. The molecule has 144 valence electrons. The predicted molar refractivity (Wildman–Crippen MR) is 112 cm³/mol. The molecule has 0 fully saturated rings. The molecule has 0 unspecified atom stereocenters. The maximum absolute atomic E-state index is 10.7. The van der Waals surface area contributed by atoms with Gasteiger partial charge in [0, 0.05) is 11.8 Å². The van der Waals surface area contributed by atoms with Crippen LogP contribution in [0, 0.1) is 19.8 Å². The van der Waals surface area contributed by atoms with Gasteiger partial charge in [0.25, 0.3) is 0 Å². The van der Waals surface area contributed by atoms with Gasteiger partial charge in [-0.3, -0.25) is 0 Å². The lowest BCUT2D eigenvalue weighted by atomic mass is 9.80. The maximum atomic E-state index is 10.7. The molecule has 0 heterocycles. The summed E-state index contributed by atoms with van der Waals surface area (Å²) in [5.74, 6) is 1.64. The smallest absolute Gasteiger partial charge is 0.160 e. The number of rotatable bonds is 3. The molecule has 3 atom stereocenters. The third-order valence-electron chi connectivity index (χ3n) is 6.23. The normalized spacial score (nSPS) is 20.8. The van der Waals surface area contributed by atoms with Crippen LogP contribution in [-0.2, 0) is 0 Å². The fraction of sp³-hybridized carbons (Fsp3) is 0.280. The van der Waals surface area contributed by atoms with Gasteiger partial charge in [-0.15, -0.1) is 0 Å². The van der Waals surface area contributed by atoms with Crippen molar-refractivity contribution < 1.29 is 14.9 Å². The van der Waals surface area contributed by atoms with E-state index >= 15 is 0 Å². The molecule has 0 bridgehead atoms. The van der Waals surface area contributed by atoms with Crippen LogP contribution in [0.3, 0.4) is 0 Å². The van der Waals surface area contributed by atoms with Gasteiger partial charge in [-0.2, -0.15) is 0 Å². The molecule has 1 aliphatic rings. The molecule has 0 radical (unpaired) electrons. The number of fused-ring (bicyclic) bond motifs is 1. The van der Waals surface area contributed by atoms with Crippen LogP contribution in [0.1, 0.15) is 52.1 Å². The molecule has 3 heteroatoms. The van der Waals surface area contributed by atoms with E-state index in [2.05, 4.69) is 37.3 Å². The fourth-order valence-corrected chi connectivity index (χ4v) is 4.93. The lowest BCUT2D eigenvalue weighted by Crippen LogP contribution is -2.11. The summed E-state index contributed by atoms with van der Waals surface area (Å²) >= 11 is 0. The van der Waals surface area contributed by atoms with Crippen LogP contribution in [0.4, 0.5) is 0 Å². The van der Waals surface area contributed by atoms with Gasteiger partial charge in [0.05, 0.1) is 7.11 Å². The molecule has 4 rings (SSSR count). The van der Waals surface area contributed by atoms with Gasteiger partial charge in [0.1, 0.15) is 5.75 Å². The zero-order valence-corrected chi connectivity index (χ0v) is 16.7. The highest BCUT2D eigenvalue weighted by atomic mass is 16.5. The van der Waals surface area contributed by atoms with E-state index in [9.17, 15) is 10.2 Å². The molecule has 1 aliphatic carbocycles. The Bertz CT molecular complexity index is 1020. The number of hydrogen-bond donors (Lipinski definition) is 2. The lowest BCUT2D eigenvalue weighted by Gasteiger charge is -2.23. The van der Waals surface area contributed by atoms with Crippen molar-refractivity contribution in [2.75, 3.05) is 7.11 Å². The average Bonchev–Trinajstić information content (AvgIpc) is 2.99. The first-order valence-electron chi connectivity index (χ1n) is 9.68. The highest BCUT2D eigenvalue weighted by molar-refractivity contribution is 5.60. The fourth-order valence-electron chi connectivity index (χ4n) is 4.93. The van der Waals surface area contributed by atoms with E-state index in [1.807, 2.05) is 32.0 Å². The van der Waals surface area contributed by atoms with Crippen molar-refractivity contribution in [1.82, 2.24) is 0 Å². The van der Waals surface area contributed by atoms with Gasteiger partial charge < -0.3 is 14.9 Å². The second kappa shape index (κ2) is 6.90. The Morgan fingerprint density at radius 3 is 2.25 bits per heavy atom. The number of aromatic hydroxyl groups is 2. The molecule has 0 aliphatic heterocycles. The van der Waals surface area contributed by atoms with E-state index in [0.29, 0.717) is 17.4 Å². The van der Waals surface area contributed by atoms with Gasteiger partial charge in [0.2, 0.25) is 0 Å². The predicted octanol–water partition coefficient (Wildman–Crippen LogP) is 5.64. The molecule has 3 nitrogen and oxygen atoms in total. The Kier molecular flexibility index (Phi) is 4.54. The van der Waals surface area contributed by atoms with Crippen LogP contribution < -0.4 is 4.74 Å². The van der Waals surface area contributed by atoms with Crippen molar-refractivity contribution in [3.05, 3.63) is 88.0 Å². The first-order valence-corrected chi connectivity index (χ1v) is 9.68. The maximum Gasteiger partial charge on any atom is 0.160 e. The lowest BCUT2D eigenvalue weighted by molar-refractivity contribution is 0.372. The van der Waals surface area contributed by atoms with Crippen molar-refractivity contribution in [1.29, 1.82) is 0 Å². The summed E-state index contributed by atoms with van der Waals surface area (Å²) in [6.45, 7) is 6.24. The minimum Gasteiger partial charge on any atom is -0.507 e. The molecule has 3 aromatic rings. The summed E-state index contributed by atoms with van der Waals surface area (Å²) in [6.07, 6.45) is 0. The Balaban J connectivity index is 1.96. The number of methoxy groups -OCH3 is 1. The van der Waals surface area contributed by atoms with E-state index < -0.39 is 0 Å².